The van der Waals surface area contributed by atoms with Crippen molar-refractivity contribution in [2.75, 3.05) is 7.11 Å². The summed E-state index contributed by atoms with van der Waals surface area (Å²) < 4.78 is 5.18. The zero-order valence-electron chi connectivity index (χ0n) is 12.1. The minimum Gasteiger partial charge on any atom is -0.496 e. The van der Waals surface area contributed by atoms with E-state index in [2.05, 4.69) is 10.9 Å². The highest BCUT2D eigenvalue weighted by atomic mass is 16.5. The molecule has 0 spiro atoms. The Morgan fingerprint density at radius 3 is 2.52 bits per heavy atom. The van der Waals surface area contributed by atoms with E-state index in [1.807, 2.05) is 0 Å². The van der Waals surface area contributed by atoms with Gasteiger partial charge in [0.05, 0.1) is 13.5 Å². The second kappa shape index (κ2) is 6.39. The monoisotopic (exact) mass is 290 g/mol. The standard InChI is InChI=1S/C15H18N2O4/c1-9(18)11-5-6-13(21-2)12(7-11)8-14(19)16-17-15(20)10-3-4-10/h5-7,10H,3-4,8H2,1-2H3,(H,16,19)(H,17,20). The first kappa shape index (κ1) is 15.0. The third-order valence-corrected chi connectivity index (χ3v) is 3.31. The molecular formula is C15H18N2O4. The minimum atomic E-state index is -0.358. The van der Waals surface area contributed by atoms with Crippen molar-refractivity contribution in [3.63, 3.8) is 0 Å². The highest BCUT2D eigenvalue weighted by Gasteiger charge is 2.29. The summed E-state index contributed by atoms with van der Waals surface area (Å²) in [5, 5.41) is 0. The van der Waals surface area contributed by atoms with Gasteiger partial charge in [0.25, 0.3) is 0 Å². The molecule has 0 saturated heterocycles. The lowest BCUT2D eigenvalue weighted by Crippen LogP contribution is -2.43. The molecule has 0 aliphatic heterocycles. The maximum absolute atomic E-state index is 11.8. The number of ketones is 1. The Kier molecular flexibility index (Phi) is 4.57. The molecule has 2 N–H and O–H groups in total. The molecule has 0 radical (unpaired) electrons. The van der Waals surface area contributed by atoms with E-state index >= 15 is 0 Å². The van der Waals surface area contributed by atoms with E-state index in [1.165, 1.54) is 14.0 Å². The van der Waals surface area contributed by atoms with Crippen molar-refractivity contribution in [1.82, 2.24) is 10.9 Å². The number of hydrogen-bond donors (Lipinski definition) is 2. The van der Waals surface area contributed by atoms with Gasteiger partial charge in [0.1, 0.15) is 5.75 Å². The molecule has 1 fully saturated rings. The van der Waals surface area contributed by atoms with Gasteiger partial charge in [-0.25, -0.2) is 0 Å². The Balaban J connectivity index is 1.99. The normalized spacial score (nSPS) is 13.4. The van der Waals surface area contributed by atoms with E-state index in [-0.39, 0.29) is 29.9 Å². The minimum absolute atomic E-state index is 0.0231. The quantitative estimate of drug-likeness (QED) is 0.626. The SMILES string of the molecule is COc1ccc(C(C)=O)cc1CC(=O)NNC(=O)C1CC1. The van der Waals surface area contributed by atoms with Crippen molar-refractivity contribution in [2.45, 2.75) is 26.2 Å². The lowest BCUT2D eigenvalue weighted by molar-refractivity contribution is -0.129. The number of carbonyl (C=O) groups excluding carboxylic acids is 3. The highest BCUT2D eigenvalue weighted by Crippen LogP contribution is 2.28. The lowest BCUT2D eigenvalue weighted by Gasteiger charge is -2.11. The van der Waals surface area contributed by atoms with Crippen molar-refractivity contribution < 1.29 is 19.1 Å². The van der Waals surface area contributed by atoms with Crippen LogP contribution in [0.4, 0.5) is 0 Å². The molecule has 0 unspecified atom stereocenters. The van der Waals surface area contributed by atoms with Gasteiger partial charge in [-0.15, -0.1) is 0 Å². The van der Waals surface area contributed by atoms with Gasteiger partial charge in [-0.1, -0.05) is 0 Å². The molecule has 1 aromatic carbocycles. The summed E-state index contributed by atoms with van der Waals surface area (Å²) in [7, 11) is 1.50. The highest BCUT2D eigenvalue weighted by molar-refractivity contribution is 5.95. The summed E-state index contributed by atoms with van der Waals surface area (Å²) >= 11 is 0. The largest absolute Gasteiger partial charge is 0.496 e. The van der Waals surface area contributed by atoms with E-state index in [0.29, 0.717) is 16.9 Å². The number of hydrogen-bond acceptors (Lipinski definition) is 4. The Hall–Kier alpha value is -2.37. The van der Waals surface area contributed by atoms with Crippen LogP contribution in [-0.4, -0.2) is 24.7 Å². The number of carbonyl (C=O) groups is 3. The van der Waals surface area contributed by atoms with Crippen LogP contribution in [0.5, 0.6) is 5.75 Å². The smallest absolute Gasteiger partial charge is 0.242 e. The van der Waals surface area contributed by atoms with Crippen LogP contribution in [0.3, 0.4) is 0 Å². The molecule has 0 bridgehead atoms. The number of hydrazine groups is 1. The van der Waals surface area contributed by atoms with Gasteiger partial charge in [-0.2, -0.15) is 0 Å². The molecule has 1 aliphatic rings. The summed E-state index contributed by atoms with van der Waals surface area (Å²) in [4.78, 5) is 34.7. The molecule has 21 heavy (non-hydrogen) atoms. The first-order chi connectivity index (χ1) is 10.0. The van der Waals surface area contributed by atoms with Crippen molar-refractivity contribution in [3.8, 4) is 5.75 Å². The van der Waals surface area contributed by atoms with Crippen molar-refractivity contribution >= 4 is 17.6 Å². The predicted molar refractivity (Wildman–Crippen MR) is 75.7 cm³/mol. The van der Waals surface area contributed by atoms with Gasteiger partial charge < -0.3 is 4.74 Å². The van der Waals surface area contributed by atoms with Crippen LogP contribution in [0.2, 0.25) is 0 Å². The molecule has 1 saturated carbocycles. The summed E-state index contributed by atoms with van der Waals surface area (Å²) in [5.41, 5.74) is 5.88. The summed E-state index contributed by atoms with van der Waals surface area (Å²) in [5.74, 6) is -0.0401. The molecule has 0 heterocycles. The summed E-state index contributed by atoms with van der Waals surface area (Å²) in [6.45, 7) is 1.46. The Bertz CT molecular complexity index is 579. The van der Waals surface area contributed by atoms with Crippen molar-refractivity contribution in [3.05, 3.63) is 29.3 Å². The van der Waals surface area contributed by atoms with Crippen LogP contribution in [-0.2, 0) is 16.0 Å². The van der Waals surface area contributed by atoms with E-state index in [1.54, 1.807) is 18.2 Å². The summed E-state index contributed by atoms with van der Waals surface area (Å²) in [6, 6.07) is 4.93. The molecule has 2 amide bonds. The molecule has 112 valence electrons. The number of ether oxygens (including phenoxy) is 1. The summed E-state index contributed by atoms with van der Waals surface area (Å²) in [6.07, 6.45) is 1.77. The maximum atomic E-state index is 11.8. The fourth-order valence-corrected chi connectivity index (χ4v) is 1.93. The second-order valence-corrected chi connectivity index (χ2v) is 5.07. The van der Waals surface area contributed by atoms with Gasteiger partial charge in [0, 0.05) is 17.0 Å². The zero-order chi connectivity index (χ0) is 15.4. The molecule has 6 heteroatoms. The average molecular weight is 290 g/mol. The van der Waals surface area contributed by atoms with E-state index < -0.39 is 0 Å². The number of amides is 2. The second-order valence-electron chi connectivity index (χ2n) is 5.07. The fourth-order valence-electron chi connectivity index (χ4n) is 1.93. The molecule has 0 atom stereocenters. The van der Waals surface area contributed by atoms with Gasteiger partial charge in [0.2, 0.25) is 11.8 Å². The van der Waals surface area contributed by atoms with Gasteiger partial charge in [0.15, 0.2) is 5.78 Å². The van der Waals surface area contributed by atoms with Crippen LogP contribution in [0.1, 0.15) is 35.7 Å². The van der Waals surface area contributed by atoms with Gasteiger partial charge >= 0.3 is 0 Å². The number of nitrogens with one attached hydrogen (secondary N) is 2. The van der Waals surface area contributed by atoms with Crippen molar-refractivity contribution in [1.29, 1.82) is 0 Å². The van der Waals surface area contributed by atoms with Crippen molar-refractivity contribution in [2.24, 2.45) is 5.92 Å². The molecule has 6 nitrogen and oxygen atoms in total. The van der Waals surface area contributed by atoms with E-state index in [0.717, 1.165) is 12.8 Å². The topological polar surface area (TPSA) is 84.5 Å². The number of rotatable bonds is 5. The van der Waals surface area contributed by atoms with Gasteiger partial charge in [-0.3, -0.25) is 25.2 Å². The molecule has 2 rings (SSSR count). The molecule has 1 aromatic rings. The third-order valence-electron chi connectivity index (χ3n) is 3.31. The number of benzene rings is 1. The third kappa shape index (κ3) is 4.05. The number of methoxy groups -OCH3 is 1. The van der Waals surface area contributed by atoms with Gasteiger partial charge in [-0.05, 0) is 38.0 Å². The Morgan fingerprint density at radius 2 is 1.95 bits per heavy atom. The molecule has 0 aromatic heterocycles. The number of Topliss-reactive ketones (excluding diaryl/α,β-unsaturated/α-hetero) is 1. The van der Waals surface area contributed by atoms with Crippen LogP contribution >= 0.6 is 0 Å². The fraction of sp³-hybridized carbons (Fsp3) is 0.400. The van der Waals surface area contributed by atoms with E-state index in [4.69, 9.17) is 4.74 Å². The van der Waals surface area contributed by atoms with Crippen LogP contribution < -0.4 is 15.6 Å². The van der Waals surface area contributed by atoms with Crippen LogP contribution in [0.15, 0.2) is 18.2 Å². The Morgan fingerprint density at radius 1 is 1.24 bits per heavy atom. The molecular weight excluding hydrogens is 272 g/mol. The lowest BCUT2D eigenvalue weighted by atomic mass is 10.0. The van der Waals surface area contributed by atoms with E-state index in [9.17, 15) is 14.4 Å². The first-order valence-corrected chi connectivity index (χ1v) is 6.78. The van der Waals surface area contributed by atoms with Crippen LogP contribution in [0, 0.1) is 5.92 Å². The molecule has 1 aliphatic carbocycles. The maximum Gasteiger partial charge on any atom is 0.242 e. The average Bonchev–Trinajstić information content (AvgIpc) is 3.29. The first-order valence-electron chi connectivity index (χ1n) is 6.78. The Labute approximate surface area is 122 Å². The predicted octanol–water partition coefficient (Wildman–Crippen LogP) is 0.998. The van der Waals surface area contributed by atoms with Crippen LogP contribution in [0.25, 0.3) is 0 Å². The zero-order valence-corrected chi connectivity index (χ0v) is 12.1.